The lowest BCUT2D eigenvalue weighted by Gasteiger charge is -2.25. The zero-order valence-corrected chi connectivity index (χ0v) is 18.5. The molecule has 0 saturated carbocycles. The molecule has 0 bridgehead atoms. The largest absolute Gasteiger partial charge is 0.507 e. The number of nitrogens with zero attached hydrogens (tertiary/aromatic N) is 3. The number of rotatable bonds is 6. The second kappa shape index (κ2) is 9.14. The van der Waals surface area contributed by atoms with Crippen LogP contribution in [0, 0.1) is 17.0 Å². The van der Waals surface area contributed by atoms with Crippen molar-refractivity contribution >= 4 is 23.1 Å². The number of benzene rings is 2. The standard InChI is InChI=1S/C25H21N3O6/c1-15-12-19(34-2)9-10-20(15)23(29)21-22(17-5-7-18(8-6-17)28(32)33)27(25(31)24(21)30)14-16-4-3-11-26-13-16/h3-13,22,29H,14H2,1-2H3/b23-21+. The summed E-state index contributed by atoms with van der Waals surface area (Å²) in [5.74, 6) is -1.35. The molecule has 1 saturated heterocycles. The summed E-state index contributed by atoms with van der Waals surface area (Å²) in [4.78, 5) is 42.2. The number of amides is 1. The third-order valence-corrected chi connectivity index (χ3v) is 5.72. The number of carbonyl (C=O) groups excluding carboxylic acids is 2. The minimum absolute atomic E-state index is 0.0679. The summed E-state index contributed by atoms with van der Waals surface area (Å²) < 4.78 is 5.21. The second-order valence-corrected chi connectivity index (χ2v) is 7.82. The normalized spacial score (nSPS) is 17.1. The van der Waals surface area contributed by atoms with Crippen LogP contribution in [-0.2, 0) is 16.1 Å². The van der Waals surface area contributed by atoms with Gasteiger partial charge >= 0.3 is 0 Å². The van der Waals surface area contributed by atoms with Crippen molar-refractivity contribution in [3.05, 3.63) is 105 Å². The van der Waals surface area contributed by atoms with Gasteiger partial charge in [0.1, 0.15) is 11.5 Å². The van der Waals surface area contributed by atoms with Gasteiger partial charge in [-0.15, -0.1) is 0 Å². The zero-order valence-electron chi connectivity index (χ0n) is 18.5. The molecule has 2 aromatic carbocycles. The fourth-order valence-electron chi connectivity index (χ4n) is 4.03. The highest BCUT2D eigenvalue weighted by atomic mass is 16.6. The fraction of sp³-hybridized carbons (Fsp3) is 0.160. The van der Waals surface area contributed by atoms with E-state index >= 15 is 0 Å². The Bertz CT molecular complexity index is 1300. The van der Waals surface area contributed by atoms with Gasteiger partial charge in [-0.1, -0.05) is 6.07 Å². The predicted molar refractivity (Wildman–Crippen MR) is 123 cm³/mol. The van der Waals surface area contributed by atoms with Crippen LogP contribution in [0.3, 0.4) is 0 Å². The molecule has 9 heteroatoms. The van der Waals surface area contributed by atoms with Crippen LogP contribution in [0.5, 0.6) is 5.75 Å². The number of hydrogen-bond acceptors (Lipinski definition) is 7. The number of aromatic nitrogens is 1. The van der Waals surface area contributed by atoms with Crippen LogP contribution < -0.4 is 4.74 Å². The molecule has 1 N–H and O–H groups in total. The van der Waals surface area contributed by atoms with Gasteiger partial charge in [-0.2, -0.15) is 0 Å². The van der Waals surface area contributed by atoms with Crippen LogP contribution in [-0.4, -0.2) is 38.7 Å². The first kappa shape index (κ1) is 22.7. The lowest BCUT2D eigenvalue weighted by molar-refractivity contribution is -0.384. The topological polar surface area (TPSA) is 123 Å². The number of likely N-dealkylation sites (tertiary alicyclic amines) is 1. The summed E-state index contributed by atoms with van der Waals surface area (Å²) in [5.41, 5.74) is 1.97. The molecule has 0 aliphatic carbocycles. The molecule has 0 radical (unpaired) electrons. The number of ether oxygens (including phenoxy) is 1. The van der Waals surface area contributed by atoms with Crippen molar-refractivity contribution < 1.29 is 24.4 Å². The molecule has 1 amide bonds. The molecule has 1 aromatic heterocycles. The molecule has 0 spiro atoms. The van der Waals surface area contributed by atoms with Gasteiger partial charge in [-0.3, -0.25) is 24.7 Å². The lowest BCUT2D eigenvalue weighted by atomic mass is 9.93. The van der Waals surface area contributed by atoms with E-state index in [0.29, 0.717) is 28.0 Å². The van der Waals surface area contributed by atoms with E-state index in [0.717, 1.165) is 0 Å². The molecule has 3 aromatic rings. The van der Waals surface area contributed by atoms with Crippen molar-refractivity contribution in [3.63, 3.8) is 0 Å². The number of aliphatic hydroxyl groups is 1. The van der Waals surface area contributed by atoms with Crippen molar-refractivity contribution in [2.24, 2.45) is 0 Å². The summed E-state index contributed by atoms with van der Waals surface area (Å²) in [6.45, 7) is 1.82. The molecule has 172 valence electrons. The zero-order chi connectivity index (χ0) is 24.4. The summed E-state index contributed by atoms with van der Waals surface area (Å²) in [5, 5.41) is 22.3. The molecule has 1 aliphatic heterocycles. The van der Waals surface area contributed by atoms with Crippen LogP contribution in [0.25, 0.3) is 5.76 Å². The van der Waals surface area contributed by atoms with Gasteiger partial charge in [0.05, 0.1) is 23.6 Å². The lowest BCUT2D eigenvalue weighted by Crippen LogP contribution is -2.29. The summed E-state index contributed by atoms with van der Waals surface area (Å²) in [6.07, 6.45) is 3.18. The van der Waals surface area contributed by atoms with E-state index in [1.54, 1.807) is 49.6 Å². The Balaban J connectivity index is 1.87. The minimum atomic E-state index is -0.942. The maximum Gasteiger partial charge on any atom is 0.295 e. The molecule has 4 rings (SSSR count). The number of ketones is 1. The first-order valence-electron chi connectivity index (χ1n) is 10.4. The van der Waals surface area contributed by atoms with Crippen molar-refractivity contribution in [1.82, 2.24) is 9.88 Å². The van der Waals surface area contributed by atoms with E-state index in [9.17, 15) is 24.8 Å². The number of hydrogen-bond donors (Lipinski definition) is 1. The number of aliphatic hydroxyl groups excluding tert-OH is 1. The van der Waals surface area contributed by atoms with Gasteiger partial charge in [0.15, 0.2) is 0 Å². The quantitative estimate of drug-likeness (QED) is 0.195. The van der Waals surface area contributed by atoms with E-state index in [1.165, 1.54) is 36.3 Å². The summed E-state index contributed by atoms with van der Waals surface area (Å²) in [6, 6.07) is 13.1. The number of pyridine rings is 1. The molecule has 1 atom stereocenters. The Morgan fingerprint density at radius 2 is 1.91 bits per heavy atom. The Hall–Kier alpha value is -4.53. The molecular weight excluding hydrogens is 438 g/mol. The van der Waals surface area contributed by atoms with Crippen LogP contribution in [0.4, 0.5) is 5.69 Å². The highest BCUT2D eigenvalue weighted by molar-refractivity contribution is 6.46. The second-order valence-electron chi connectivity index (χ2n) is 7.82. The number of non-ortho nitro benzene ring substituents is 1. The molecular formula is C25H21N3O6. The molecule has 9 nitrogen and oxygen atoms in total. The van der Waals surface area contributed by atoms with Gasteiger partial charge in [0, 0.05) is 36.6 Å². The number of nitro groups is 1. The third-order valence-electron chi connectivity index (χ3n) is 5.72. The van der Waals surface area contributed by atoms with Gasteiger partial charge in [0.2, 0.25) is 0 Å². The van der Waals surface area contributed by atoms with Crippen LogP contribution in [0.15, 0.2) is 72.6 Å². The molecule has 1 unspecified atom stereocenters. The van der Waals surface area contributed by atoms with Crippen molar-refractivity contribution in [2.75, 3.05) is 7.11 Å². The van der Waals surface area contributed by atoms with Crippen molar-refractivity contribution in [2.45, 2.75) is 19.5 Å². The van der Waals surface area contributed by atoms with E-state index in [2.05, 4.69) is 4.98 Å². The Morgan fingerprint density at radius 1 is 1.18 bits per heavy atom. The average Bonchev–Trinajstić information content (AvgIpc) is 3.09. The Labute approximate surface area is 195 Å². The Kier molecular flexibility index (Phi) is 6.09. The van der Waals surface area contributed by atoms with E-state index < -0.39 is 22.7 Å². The van der Waals surface area contributed by atoms with Gasteiger partial charge < -0.3 is 14.7 Å². The SMILES string of the molecule is COc1ccc(/C(O)=C2\C(=O)C(=O)N(Cc3cccnc3)C2c2ccc([N+](=O)[O-])cc2)c(C)c1. The first-order valence-corrected chi connectivity index (χ1v) is 10.4. The fourth-order valence-corrected chi connectivity index (χ4v) is 4.03. The third kappa shape index (κ3) is 4.11. The number of aryl methyl sites for hydroxylation is 1. The van der Waals surface area contributed by atoms with Crippen LogP contribution >= 0.6 is 0 Å². The van der Waals surface area contributed by atoms with Crippen LogP contribution in [0.1, 0.15) is 28.3 Å². The first-order chi connectivity index (χ1) is 16.3. The van der Waals surface area contributed by atoms with E-state index in [-0.39, 0.29) is 23.6 Å². The molecule has 1 fully saturated rings. The highest BCUT2D eigenvalue weighted by Gasteiger charge is 2.46. The van der Waals surface area contributed by atoms with E-state index in [1.807, 2.05) is 0 Å². The monoisotopic (exact) mass is 459 g/mol. The number of carbonyl (C=O) groups is 2. The predicted octanol–water partition coefficient (Wildman–Crippen LogP) is 3.93. The van der Waals surface area contributed by atoms with Gasteiger partial charge in [-0.05, 0) is 60.0 Å². The molecule has 1 aliphatic rings. The van der Waals surface area contributed by atoms with Gasteiger partial charge in [-0.25, -0.2) is 0 Å². The minimum Gasteiger partial charge on any atom is -0.507 e. The number of methoxy groups -OCH3 is 1. The highest BCUT2D eigenvalue weighted by Crippen LogP contribution is 2.41. The van der Waals surface area contributed by atoms with Crippen molar-refractivity contribution in [3.8, 4) is 5.75 Å². The molecule has 34 heavy (non-hydrogen) atoms. The number of nitro benzene ring substituents is 1. The Morgan fingerprint density at radius 3 is 2.50 bits per heavy atom. The van der Waals surface area contributed by atoms with Crippen molar-refractivity contribution in [1.29, 1.82) is 0 Å². The smallest absolute Gasteiger partial charge is 0.295 e. The maximum atomic E-state index is 13.2. The molecule has 2 heterocycles. The van der Waals surface area contributed by atoms with Crippen LogP contribution in [0.2, 0.25) is 0 Å². The summed E-state index contributed by atoms with van der Waals surface area (Å²) >= 11 is 0. The van der Waals surface area contributed by atoms with Gasteiger partial charge in [0.25, 0.3) is 17.4 Å². The average molecular weight is 459 g/mol. The maximum absolute atomic E-state index is 13.2. The summed E-state index contributed by atoms with van der Waals surface area (Å²) in [7, 11) is 1.52. The number of Topliss-reactive ketones (excluding diaryl/α,β-unsaturated/α-hetero) is 1. The van der Waals surface area contributed by atoms with E-state index in [4.69, 9.17) is 4.74 Å².